The minimum Gasteiger partial charge on any atom is -0.304 e. The minimum atomic E-state index is -4.20. The minimum absolute atomic E-state index is 0.0871. The van der Waals surface area contributed by atoms with Gasteiger partial charge in [-0.25, -0.2) is 8.42 Å². The fourth-order valence-electron chi connectivity index (χ4n) is 4.76. The molecule has 2 aliphatic rings. The smallest absolute Gasteiger partial charge is 0.274 e. The SMILES string of the molecule is CCc1cccc(N2C(=O)CS(=O)(=O)C23C(=O)N(Cc2ccccc2Cl)c2ccccc23)c1. The summed E-state index contributed by atoms with van der Waals surface area (Å²) in [6, 6.07) is 21.0. The lowest BCUT2D eigenvalue weighted by atomic mass is 10.0. The standard InChI is InChI=1S/C25H21ClN2O4S/c1-2-17-8-7-10-19(14-17)28-23(29)16-33(31,32)25(28)20-11-4-6-13-22(20)27(24(25)30)15-18-9-3-5-12-21(18)26/h3-14H,2,15-16H2,1H3. The molecule has 1 fully saturated rings. The van der Waals surface area contributed by atoms with Crippen LogP contribution in [0, 0.1) is 0 Å². The number of aryl methyl sites for hydroxylation is 1. The number of sulfone groups is 1. The molecule has 1 spiro atoms. The van der Waals surface area contributed by atoms with Gasteiger partial charge in [-0.3, -0.25) is 14.5 Å². The van der Waals surface area contributed by atoms with Crippen molar-refractivity contribution in [3.8, 4) is 0 Å². The van der Waals surface area contributed by atoms with Crippen molar-refractivity contribution in [3.05, 3.63) is 94.5 Å². The summed E-state index contributed by atoms with van der Waals surface area (Å²) in [5.74, 6) is -2.02. The van der Waals surface area contributed by atoms with Gasteiger partial charge in [0.15, 0.2) is 9.84 Å². The molecule has 0 radical (unpaired) electrons. The molecule has 1 saturated heterocycles. The van der Waals surface area contributed by atoms with E-state index in [9.17, 15) is 18.0 Å². The molecule has 0 N–H and O–H groups in total. The Morgan fingerprint density at radius 1 is 0.970 bits per heavy atom. The average Bonchev–Trinajstić information content (AvgIpc) is 3.18. The molecule has 168 valence electrons. The summed E-state index contributed by atoms with van der Waals surface area (Å²) in [4.78, 5) is 27.7. The van der Waals surface area contributed by atoms with E-state index in [0.29, 0.717) is 28.4 Å². The molecule has 0 bridgehead atoms. The third kappa shape index (κ3) is 3.03. The number of halogens is 1. The van der Waals surface area contributed by atoms with Crippen LogP contribution in [0.25, 0.3) is 0 Å². The van der Waals surface area contributed by atoms with Gasteiger partial charge in [0.1, 0.15) is 5.75 Å². The summed E-state index contributed by atoms with van der Waals surface area (Å²) in [6.07, 6.45) is 0.707. The van der Waals surface area contributed by atoms with Crippen molar-refractivity contribution in [1.82, 2.24) is 0 Å². The molecule has 6 nitrogen and oxygen atoms in total. The summed E-state index contributed by atoms with van der Waals surface area (Å²) in [5.41, 5.74) is 2.75. The number of fused-ring (bicyclic) bond motifs is 2. The number of nitrogens with zero attached hydrogens (tertiary/aromatic N) is 2. The zero-order chi connectivity index (χ0) is 23.4. The number of benzene rings is 3. The number of amides is 2. The highest BCUT2D eigenvalue weighted by Gasteiger charge is 2.69. The highest BCUT2D eigenvalue weighted by atomic mass is 35.5. The molecular weight excluding hydrogens is 460 g/mol. The van der Waals surface area contributed by atoms with E-state index in [1.165, 1.54) is 9.80 Å². The van der Waals surface area contributed by atoms with Gasteiger partial charge < -0.3 is 4.90 Å². The maximum atomic E-state index is 14.1. The maximum absolute atomic E-state index is 14.1. The first-order chi connectivity index (χ1) is 15.8. The van der Waals surface area contributed by atoms with Gasteiger partial charge in [0.05, 0.1) is 12.2 Å². The van der Waals surface area contributed by atoms with Crippen molar-refractivity contribution in [2.75, 3.05) is 15.6 Å². The highest BCUT2D eigenvalue weighted by Crippen LogP contribution is 2.53. The lowest BCUT2D eigenvalue weighted by Crippen LogP contribution is -2.54. The number of carbonyl (C=O) groups excluding carboxylic acids is 2. The van der Waals surface area contributed by atoms with Crippen LogP contribution in [-0.4, -0.2) is 26.0 Å². The van der Waals surface area contributed by atoms with Gasteiger partial charge in [-0.05, 0) is 41.8 Å². The van der Waals surface area contributed by atoms with E-state index in [0.717, 1.165) is 5.56 Å². The molecule has 1 atom stereocenters. The largest absolute Gasteiger partial charge is 0.304 e. The normalized spacial score (nSPS) is 21.2. The number of para-hydroxylation sites is 1. The predicted molar refractivity (Wildman–Crippen MR) is 128 cm³/mol. The first-order valence-electron chi connectivity index (χ1n) is 10.6. The van der Waals surface area contributed by atoms with Gasteiger partial charge in [-0.1, -0.05) is 67.1 Å². The van der Waals surface area contributed by atoms with Crippen molar-refractivity contribution in [3.63, 3.8) is 0 Å². The van der Waals surface area contributed by atoms with Gasteiger partial charge in [-0.15, -0.1) is 0 Å². The quantitative estimate of drug-likeness (QED) is 0.564. The Hall–Kier alpha value is -3.16. The predicted octanol–water partition coefficient (Wildman–Crippen LogP) is 4.06. The second kappa shape index (κ2) is 7.71. The van der Waals surface area contributed by atoms with Crippen molar-refractivity contribution in [2.45, 2.75) is 24.8 Å². The third-order valence-electron chi connectivity index (χ3n) is 6.29. The van der Waals surface area contributed by atoms with E-state index < -0.39 is 32.3 Å². The van der Waals surface area contributed by atoms with Gasteiger partial charge in [0.2, 0.25) is 5.91 Å². The second-order valence-electron chi connectivity index (χ2n) is 8.16. The molecule has 2 aliphatic heterocycles. The van der Waals surface area contributed by atoms with E-state index in [-0.39, 0.29) is 12.1 Å². The Morgan fingerprint density at radius 2 is 1.70 bits per heavy atom. The number of carbonyl (C=O) groups is 2. The van der Waals surface area contributed by atoms with Crippen LogP contribution in [0.1, 0.15) is 23.6 Å². The van der Waals surface area contributed by atoms with E-state index in [1.807, 2.05) is 19.1 Å². The van der Waals surface area contributed by atoms with Crippen LogP contribution in [-0.2, 0) is 37.3 Å². The molecule has 8 heteroatoms. The lowest BCUT2D eigenvalue weighted by Gasteiger charge is -2.33. The number of hydrogen-bond acceptors (Lipinski definition) is 4. The lowest BCUT2D eigenvalue weighted by molar-refractivity contribution is -0.123. The molecular formula is C25H21ClN2O4S. The molecule has 1 unspecified atom stereocenters. The first kappa shape index (κ1) is 21.7. The first-order valence-corrected chi connectivity index (χ1v) is 12.6. The Balaban J connectivity index is 1.75. The van der Waals surface area contributed by atoms with Crippen LogP contribution in [0.4, 0.5) is 11.4 Å². The van der Waals surface area contributed by atoms with Crippen LogP contribution in [0.3, 0.4) is 0 Å². The van der Waals surface area contributed by atoms with Crippen molar-refractivity contribution in [1.29, 1.82) is 0 Å². The molecule has 5 rings (SSSR count). The van der Waals surface area contributed by atoms with E-state index in [2.05, 4.69) is 0 Å². The Bertz CT molecular complexity index is 1400. The van der Waals surface area contributed by atoms with Gasteiger partial charge >= 0.3 is 0 Å². The molecule has 33 heavy (non-hydrogen) atoms. The fourth-order valence-corrected chi connectivity index (χ4v) is 6.99. The van der Waals surface area contributed by atoms with Gasteiger partial charge in [-0.2, -0.15) is 0 Å². The zero-order valence-electron chi connectivity index (χ0n) is 17.9. The third-order valence-corrected chi connectivity index (χ3v) is 8.76. The van der Waals surface area contributed by atoms with Crippen LogP contribution in [0.5, 0.6) is 0 Å². The summed E-state index contributed by atoms with van der Waals surface area (Å²) >= 11 is 6.35. The molecule has 0 saturated carbocycles. The van der Waals surface area contributed by atoms with Gasteiger partial charge in [0, 0.05) is 16.3 Å². The monoisotopic (exact) mass is 480 g/mol. The van der Waals surface area contributed by atoms with E-state index in [4.69, 9.17) is 11.6 Å². The zero-order valence-corrected chi connectivity index (χ0v) is 19.4. The van der Waals surface area contributed by atoms with Crippen molar-refractivity contribution >= 4 is 44.6 Å². The molecule has 0 aromatic heterocycles. The molecule has 3 aromatic carbocycles. The van der Waals surface area contributed by atoms with Crippen LogP contribution in [0.2, 0.25) is 5.02 Å². The average molecular weight is 481 g/mol. The Morgan fingerprint density at radius 3 is 2.45 bits per heavy atom. The number of hydrogen-bond donors (Lipinski definition) is 0. The molecule has 2 heterocycles. The summed E-state index contributed by atoms with van der Waals surface area (Å²) < 4.78 is 27.3. The topological polar surface area (TPSA) is 74.8 Å². The number of rotatable bonds is 4. The van der Waals surface area contributed by atoms with Crippen molar-refractivity contribution < 1.29 is 18.0 Å². The highest BCUT2D eigenvalue weighted by molar-refractivity contribution is 7.94. The Labute approximate surface area is 197 Å². The summed E-state index contributed by atoms with van der Waals surface area (Å²) in [7, 11) is -4.20. The second-order valence-corrected chi connectivity index (χ2v) is 10.7. The van der Waals surface area contributed by atoms with Crippen LogP contribution >= 0.6 is 11.6 Å². The van der Waals surface area contributed by atoms with E-state index in [1.54, 1.807) is 60.7 Å². The molecule has 0 aliphatic carbocycles. The van der Waals surface area contributed by atoms with Crippen LogP contribution < -0.4 is 9.80 Å². The molecule has 3 aromatic rings. The van der Waals surface area contributed by atoms with Gasteiger partial charge in [0.25, 0.3) is 10.8 Å². The Kier molecular flexibility index (Phi) is 5.06. The summed E-state index contributed by atoms with van der Waals surface area (Å²) in [6.45, 7) is 2.06. The fraction of sp³-hybridized carbons (Fsp3) is 0.200. The number of anilines is 2. The van der Waals surface area contributed by atoms with Crippen LogP contribution in [0.15, 0.2) is 72.8 Å². The summed E-state index contributed by atoms with van der Waals surface area (Å²) in [5, 5.41) is 0.474. The van der Waals surface area contributed by atoms with Crippen molar-refractivity contribution in [2.24, 2.45) is 0 Å². The maximum Gasteiger partial charge on any atom is 0.274 e. The molecule has 2 amide bonds. The van der Waals surface area contributed by atoms with E-state index >= 15 is 0 Å².